The van der Waals surface area contributed by atoms with E-state index < -0.39 is 39.3 Å². The van der Waals surface area contributed by atoms with Gasteiger partial charge < -0.3 is 0 Å². The van der Waals surface area contributed by atoms with Gasteiger partial charge in [-0.3, -0.25) is 0 Å². The second-order valence-corrected chi connectivity index (χ2v) is 6.52. The summed E-state index contributed by atoms with van der Waals surface area (Å²) in [6.45, 7) is 0. The first kappa shape index (κ1) is 19.3. The maximum Gasteiger partial charge on any atom is 0.460 e. The number of hydrogen-bond acceptors (Lipinski definition) is 2. The van der Waals surface area contributed by atoms with Crippen molar-refractivity contribution >= 4 is 10.0 Å². The van der Waals surface area contributed by atoms with Crippen molar-refractivity contribution in [3.05, 3.63) is 0 Å². The van der Waals surface area contributed by atoms with Crippen LogP contribution in [0.5, 0.6) is 0 Å². The van der Waals surface area contributed by atoms with Gasteiger partial charge in [-0.05, 0) is 12.8 Å². The Morgan fingerprint density at radius 3 is 1.55 bits per heavy atom. The SMILES string of the molecule is O=S(=O)(NC1CCCC1)C(F)(F)C(F)(F)C(F)(F)C(F)(F)F. The van der Waals surface area contributed by atoms with Gasteiger partial charge in [0.2, 0.25) is 0 Å². The summed E-state index contributed by atoms with van der Waals surface area (Å²) in [4.78, 5) is 0. The molecule has 0 aliphatic heterocycles. The monoisotopic (exact) mass is 367 g/mol. The Bertz CT molecular complexity index is 508. The highest BCUT2D eigenvalue weighted by Crippen LogP contribution is 2.54. The lowest BCUT2D eigenvalue weighted by Crippen LogP contribution is -2.65. The summed E-state index contributed by atoms with van der Waals surface area (Å²) >= 11 is 0. The van der Waals surface area contributed by atoms with Crippen LogP contribution in [-0.4, -0.2) is 37.7 Å². The topological polar surface area (TPSA) is 46.2 Å². The van der Waals surface area contributed by atoms with Gasteiger partial charge in [0, 0.05) is 6.04 Å². The van der Waals surface area contributed by atoms with E-state index >= 15 is 0 Å². The number of nitrogens with one attached hydrogen (secondary N) is 1. The van der Waals surface area contributed by atoms with Crippen LogP contribution >= 0.6 is 0 Å². The molecule has 0 heterocycles. The zero-order chi connectivity index (χ0) is 17.6. The number of rotatable bonds is 5. The highest BCUT2D eigenvalue weighted by Gasteiger charge is 2.85. The average Bonchev–Trinajstić information content (AvgIpc) is 2.78. The van der Waals surface area contributed by atoms with Crippen molar-refractivity contribution in [1.82, 2.24) is 4.72 Å². The van der Waals surface area contributed by atoms with Crippen molar-refractivity contribution in [2.24, 2.45) is 0 Å². The largest absolute Gasteiger partial charge is 0.460 e. The van der Waals surface area contributed by atoms with Crippen LogP contribution < -0.4 is 4.72 Å². The van der Waals surface area contributed by atoms with Crippen molar-refractivity contribution in [1.29, 1.82) is 0 Å². The van der Waals surface area contributed by atoms with E-state index in [1.54, 1.807) is 0 Å². The van der Waals surface area contributed by atoms with Gasteiger partial charge in [-0.2, -0.15) is 39.5 Å². The highest BCUT2D eigenvalue weighted by atomic mass is 32.2. The third kappa shape index (κ3) is 2.88. The fourth-order valence-electron chi connectivity index (χ4n) is 1.87. The molecular weight excluding hydrogens is 357 g/mol. The van der Waals surface area contributed by atoms with Crippen molar-refractivity contribution in [3.63, 3.8) is 0 Å². The molecule has 3 nitrogen and oxygen atoms in total. The van der Waals surface area contributed by atoms with E-state index in [0.717, 1.165) is 4.72 Å². The number of alkyl halides is 9. The third-order valence-corrected chi connectivity index (χ3v) is 4.71. The summed E-state index contributed by atoms with van der Waals surface area (Å²) in [6, 6.07) is -1.22. The summed E-state index contributed by atoms with van der Waals surface area (Å²) in [5.74, 6) is -14.4. The molecule has 0 radical (unpaired) electrons. The quantitative estimate of drug-likeness (QED) is 0.759. The van der Waals surface area contributed by atoms with Crippen LogP contribution in [0.1, 0.15) is 25.7 Å². The summed E-state index contributed by atoms with van der Waals surface area (Å²) < 4.78 is 137. The maximum absolute atomic E-state index is 13.3. The normalized spacial score (nSPS) is 19.7. The van der Waals surface area contributed by atoms with Crippen LogP contribution in [0.15, 0.2) is 0 Å². The maximum atomic E-state index is 13.3. The van der Waals surface area contributed by atoms with Gasteiger partial charge in [-0.15, -0.1) is 0 Å². The lowest BCUT2D eigenvalue weighted by atomic mass is 10.1. The zero-order valence-corrected chi connectivity index (χ0v) is 11.3. The smallest absolute Gasteiger partial charge is 0.207 e. The average molecular weight is 367 g/mol. The van der Waals surface area contributed by atoms with Crippen LogP contribution in [-0.2, 0) is 10.0 Å². The standard InChI is InChI=1S/C9H10F9NO2S/c10-6(11,8(14,15)16)7(12,13)9(17,18)22(20,21)19-5-3-1-2-4-5/h5,19H,1-4H2. The second kappa shape index (κ2) is 5.42. The van der Waals surface area contributed by atoms with E-state index in [2.05, 4.69) is 0 Å². The molecule has 13 heteroatoms. The van der Waals surface area contributed by atoms with Crippen LogP contribution in [0.3, 0.4) is 0 Å². The minimum absolute atomic E-state index is 0.0173. The number of sulfonamides is 1. The summed E-state index contributed by atoms with van der Waals surface area (Å²) in [6.07, 6.45) is -6.35. The number of halogens is 9. The molecule has 0 bridgehead atoms. The zero-order valence-electron chi connectivity index (χ0n) is 10.5. The van der Waals surface area contributed by atoms with Crippen molar-refractivity contribution in [3.8, 4) is 0 Å². The molecular formula is C9H10F9NO2S. The minimum Gasteiger partial charge on any atom is -0.207 e. The fourth-order valence-corrected chi connectivity index (χ4v) is 3.15. The Labute approximate surface area is 118 Å². The molecule has 0 unspecified atom stereocenters. The molecule has 1 fully saturated rings. The molecule has 0 atom stereocenters. The molecule has 1 N–H and O–H groups in total. The van der Waals surface area contributed by atoms with Gasteiger partial charge >= 0.3 is 23.3 Å². The Morgan fingerprint density at radius 1 is 0.773 bits per heavy atom. The molecule has 0 spiro atoms. The van der Waals surface area contributed by atoms with E-state index in [9.17, 15) is 47.9 Å². The van der Waals surface area contributed by atoms with E-state index in [1.807, 2.05) is 0 Å². The van der Waals surface area contributed by atoms with E-state index in [1.165, 1.54) is 0 Å². The molecule has 22 heavy (non-hydrogen) atoms. The molecule has 0 amide bonds. The van der Waals surface area contributed by atoms with E-state index in [0.29, 0.717) is 12.8 Å². The van der Waals surface area contributed by atoms with Crippen molar-refractivity contribution < 1.29 is 47.9 Å². The van der Waals surface area contributed by atoms with Gasteiger partial charge in [-0.25, -0.2) is 13.1 Å². The predicted molar refractivity (Wildman–Crippen MR) is 55.2 cm³/mol. The Hall–Kier alpha value is -0.720. The lowest BCUT2D eigenvalue weighted by molar-refractivity contribution is -0.382. The molecule has 0 aromatic heterocycles. The Kier molecular flexibility index (Phi) is 4.77. The van der Waals surface area contributed by atoms with Gasteiger partial charge in [0.15, 0.2) is 0 Å². The lowest BCUT2D eigenvalue weighted by Gasteiger charge is -2.33. The van der Waals surface area contributed by atoms with Gasteiger partial charge in [0.1, 0.15) is 0 Å². The number of hydrogen-bond donors (Lipinski definition) is 1. The summed E-state index contributed by atoms with van der Waals surface area (Å²) in [5, 5.41) is -6.65. The van der Waals surface area contributed by atoms with Crippen LogP contribution in [0.2, 0.25) is 0 Å². The fraction of sp³-hybridized carbons (Fsp3) is 1.00. The first-order chi connectivity index (χ1) is 9.58. The predicted octanol–water partition coefficient (Wildman–Crippen LogP) is 3.27. The molecule has 0 aromatic carbocycles. The Balaban J connectivity index is 3.19. The van der Waals surface area contributed by atoms with Crippen molar-refractivity contribution in [2.45, 2.75) is 55.0 Å². The van der Waals surface area contributed by atoms with Gasteiger partial charge in [0.05, 0.1) is 0 Å². The molecule has 1 saturated carbocycles. The second-order valence-electron chi connectivity index (χ2n) is 4.77. The van der Waals surface area contributed by atoms with Crippen LogP contribution in [0, 0.1) is 0 Å². The van der Waals surface area contributed by atoms with Crippen molar-refractivity contribution in [2.75, 3.05) is 0 Å². The Morgan fingerprint density at radius 2 is 1.18 bits per heavy atom. The molecule has 1 rings (SSSR count). The molecule has 1 aliphatic carbocycles. The van der Waals surface area contributed by atoms with Gasteiger partial charge in [-0.1, -0.05) is 12.8 Å². The molecule has 0 aromatic rings. The van der Waals surface area contributed by atoms with E-state index in [-0.39, 0.29) is 12.8 Å². The van der Waals surface area contributed by atoms with Gasteiger partial charge in [0.25, 0.3) is 10.0 Å². The summed E-state index contributed by atoms with van der Waals surface area (Å²) in [7, 11) is -6.46. The molecule has 132 valence electrons. The summed E-state index contributed by atoms with van der Waals surface area (Å²) in [5.41, 5.74) is 0. The van der Waals surface area contributed by atoms with E-state index in [4.69, 9.17) is 0 Å². The third-order valence-electron chi connectivity index (χ3n) is 3.13. The first-order valence-corrected chi connectivity index (χ1v) is 7.28. The highest BCUT2D eigenvalue weighted by molar-refractivity contribution is 7.90. The van der Waals surface area contributed by atoms with Crippen LogP contribution in [0.4, 0.5) is 39.5 Å². The van der Waals surface area contributed by atoms with Crippen LogP contribution in [0.25, 0.3) is 0 Å². The first-order valence-electron chi connectivity index (χ1n) is 5.80. The molecule has 1 aliphatic rings. The minimum atomic E-state index is -7.23. The molecule has 0 saturated heterocycles.